The number of amides is 1. The molecular formula is C28H31NO2. The lowest BCUT2D eigenvalue weighted by atomic mass is 9.80. The molecule has 3 aromatic rings. The van der Waals surface area contributed by atoms with Crippen LogP contribution in [0, 0.1) is 5.92 Å². The zero-order valence-electron chi connectivity index (χ0n) is 18.4. The second kappa shape index (κ2) is 9.49. The van der Waals surface area contributed by atoms with Gasteiger partial charge in [-0.05, 0) is 29.0 Å². The van der Waals surface area contributed by atoms with Crippen molar-refractivity contribution in [3.8, 4) is 0 Å². The number of likely N-dealkylation sites (tertiary alicyclic amines) is 1. The first-order valence-electron chi connectivity index (χ1n) is 11.2. The third-order valence-corrected chi connectivity index (χ3v) is 6.05. The van der Waals surface area contributed by atoms with E-state index in [1.807, 2.05) is 23.1 Å². The quantitative estimate of drug-likeness (QED) is 0.447. The van der Waals surface area contributed by atoms with Crippen LogP contribution < -0.4 is 0 Å². The van der Waals surface area contributed by atoms with Gasteiger partial charge in [0.15, 0.2) is 0 Å². The maximum absolute atomic E-state index is 12.5. The lowest BCUT2D eigenvalue weighted by Crippen LogP contribution is -2.42. The molecule has 0 spiro atoms. The molecule has 3 aromatic carbocycles. The summed E-state index contributed by atoms with van der Waals surface area (Å²) in [7, 11) is 0. The molecule has 1 atom stereocenters. The molecule has 1 amide bonds. The zero-order valence-corrected chi connectivity index (χ0v) is 18.4. The van der Waals surface area contributed by atoms with Gasteiger partial charge < -0.3 is 9.64 Å². The van der Waals surface area contributed by atoms with Gasteiger partial charge in [0.25, 0.3) is 0 Å². The van der Waals surface area contributed by atoms with Crippen LogP contribution in [0.4, 0.5) is 0 Å². The lowest BCUT2D eigenvalue weighted by molar-refractivity contribution is -0.131. The van der Waals surface area contributed by atoms with Crippen molar-refractivity contribution in [3.63, 3.8) is 0 Å². The second-order valence-electron chi connectivity index (χ2n) is 8.72. The smallest absolute Gasteiger partial charge is 0.222 e. The highest BCUT2D eigenvalue weighted by Crippen LogP contribution is 2.41. The number of benzene rings is 3. The van der Waals surface area contributed by atoms with E-state index in [0.717, 1.165) is 29.7 Å². The number of nitrogens with zero attached hydrogens (tertiary/aromatic N) is 1. The Bertz CT molecular complexity index is 873. The van der Waals surface area contributed by atoms with Crippen molar-refractivity contribution in [2.75, 3.05) is 13.2 Å². The van der Waals surface area contributed by atoms with E-state index in [1.165, 1.54) is 0 Å². The van der Waals surface area contributed by atoms with Gasteiger partial charge in [-0.2, -0.15) is 0 Å². The fraction of sp³-hybridized carbons (Fsp3) is 0.321. The third-order valence-electron chi connectivity index (χ3n) is 6.05. The fourth-order valence-corrected chi connectivity index (χ4v) is 4.60. The molecule has 3 heteroatoms. The maximum Gasteiger partial charge on any atom is 0.222 e. The van der Waals surface area contributed by atoms with Crippen molar-refractivity contribution in [1.29, 1.82) is 0 Å². The molecule has 0 saturated carbocycles. The molecule has 31 heavy (non-hydrogen) atoms. The minimum Gasteiger partial charge on any atom is -0.359 e. The first-order chi connectivity index (χ1) is 15.1. The third kappa shape index (κ3) is 4.42. The highest BCUT2D eigenvalue weighted by molar-refractivity contribution is 5.78. The van der Waals surface area contributed by atoms with Gasteiger partial charge in [0.2, 0.25) is 5.91 Å². The van der Waals surface area contributed by atoms with E-state index in [9.17, 15) is 4.79 Å². The van der Waals surface area contributed by atoms with Gasteiger partial charge in [-0.3, -0.25) is 4.79 Å². The van der Waals surface area contributed by atoms with Crippen LogP contribution in [-0.2, 0) is 15.1 Å². The van der Waals surface area contributed by atoms with E-state index in [1.54, 1.807) is 0 Å². The molecule has 1 aliphatic heterocycles. The zero-order chi connectivity index (χ0) is 21.7. The SMILES string of the molecule is CC(C)CN1C(=O)CCC1COC(c1ccccc1)(c1ccccc1)c1ccccc1. The van der Waals surface area contributed by atoms with Crippen LogP contribution in [0.15, 0.2) is 91.0 Å². The molecule has 3 nitrogen and oxygen atoms in total. The summed E-state index contributed by atoms with van der Waals surface area (Å²) in [5.41, 5.74) is 2.53. The van der Waals surface area contributed by atoms with E-state index in [0.29, 0.717) is 18.9 Å². The van der Waals surface area contributed by atoms with Crippen molar-refractivity contribution < 1.29 is 9.53 Å². The predicted molar refractivity (Wildman–Crippen MR) is 125 cm³/mol. The minimum atomic E-state index is -0.737. The van der Waals surface area contributed by atoms with Crippen LogP contribution in [0.5, 0.6) is 0 Å². The molecule has 0 aliphatic carbocycles. The topological polar surface area (TPSA) is 29.5 Å². The van der Waals surface area contributed by atoms with Crippen LogP contribution >= 0.6 is 0 Å². The summed E-state index contributed by atoms with van der Waals surface area (Å²) >= 11 is 0. The Morgan fingerprint density at radius 3 is 1.71 bits per heavy atom. The normalized spacial score (nSPS) is 16.8. The van der Waals surface area contributed by atoms with Gasteiger partial charge in [-0.25, -0.2) is 0 Å². The summed E-state index contributed by atoms with van der Waals surface area (Å²) < 4.78 is 6.94. The van der Waals surface area contributed by atoms with Crippen molar-refractivity contribution in [2.24, 2.45) is 5.92 Å². The van der Waals surface area contributed by atoms with Gasteiger partial charge in [0.1, 0.15) is 5.60 Å². The fourth-order valence-electron chi connectivity index (χ4n) is 4.60. The summed E-state index contributed by atoms with van der Waals surface area (Å²) in [5.74, 6) is 0.679. The molecule has 0 aromatic heterocycles. The minimum absolute atomic E-state index is 0.102. The lowest BCUT2D eigenvalue weighted by Gasteiger charge is -2.38. The summed E-state index contributed by atoms with van der Waals surface area (Å²) in [5, 5.41) is 0. The Morgan fingerprint density at radius 2 is 1.29 bits per heavy atom. The molecule has 4 rings (SSSR count). The van der Waals surface area contributed by atoms with Crippen LogP contribution in [-0.4, -0.2) is 30.0 Å². The monoisotopic (exact) mass is 413 g/mol. The number of hydrogen-bond donors (Lipinski definition) is 0. The van der Waals surface area contributed by atoms with Gasteiger partial charge in [-0.1, -0.05) is 105 Å². The van der Waals surface area contributed by atoms with E-state index in [2.05, 4.69) is 86.6 Å². The number of rotatable bonds is 8. The molecule has 0 N–H and O–H groups in total. The molecule has 1 unspecified atom stereocenters. The Morgan fingerprint density at radius 1 is 0.839 bits per heavy atom. The second-order valence-corrected chi connectivity index (χ2v) is 8.72. The average Bonchev–Trinajstić information content (AvgIpc) is 3.15. The van der Waals surface area contributed by atoms with Crippen LogP contribution in [0.3, 0.4) is 0 Å². The van der Waals surface area contributed by atoms with Crippen LogP contribution in [0.2, 0.25) is 0 Å². The molecular weight excluding hydrogens is 382 g/mol. The first-order valence-corrected chi connectivity index (χ1v) is 11.2. The summed E-state index contributed by atoms with van der Waals surface area (Å²) in [6, 6.07) is 31.3. The summed E-state index contributed by atoms with van der Waals surface area (Å²) in [6.45, 7) is 5.59. The summed E-state index contributed by atoms with van der Waals surface area (Å²) in [6.07, 6.45) is 1.45. The maximum atomic E-state index is 12.5. The van der Waals surface area contributed by atoms with Gasteiger partial charge in [0.05, 0.1) is 12.6 Å². The van der Waals surface area contributed by atoms with Gasteiger partial charge in [0, 0.05) is 13.0 Å². The predicted octanol–water partition coefficient (Wildman–Crippen LogP) is 5.64. The molecule has 1 aliphatic rings. The van der Waals surface area contributed by atoms with Crippen molar-refractivity contribution in [2.45, 2.75) is 38.3 Å². The molecule has 0 radical (unpaired) electrons. The van der Waals surface area contributed by atoms with Gasteiger partial charge >= 0.3 is 0 Å². The number of ether oxygens (including phenoxy) is 1. The largest absolute Gasteiger partial charge is 0.359 e. The van der Waals surface area contributed by atoms with E-state index >= 15 is 0 Å². The Labute approximate surface area is 185 Å². The average molecular weight is 414 g/mol. The summed E-state index contributed by atoms with van der Waals surface area (Å²) in [4.78, 5) is 14.5. The van der Waals surface area contributed by atoms with Crippen LogP contribution in [0.25, 0.3) is 0 Å². The standard InChI is InChI=1S/C28H31NO2/c1-22(2)20-29-26(18-19-27(29)30)21-31-28(23-12-6-3-7-13-23,24-14-8-4-9-15-24)25-16-10-5-11-17-25/h3-17,22,26H,18-21H2,1-2H3. The van der Waals surface area contributed by atoms with Crippen molar-refractivity contribution in [1.82, 2.24) is 4.90 Å². The van der Waals surface area contributed by atoms with Crippen LogP contribution in [0.1, 0.15) is 43.4 Å². The number of carbonyl (C=O) groups is 1. The Balaban J connectivity index is 1.77. The Kier molecular flexibility index (Phi) is 6.53. The molecule has 0 bridgehead atoms. The first kappa shape index (κ1) is 21.3. The number of hydrogen-bond acceptors (Lipinski definition) is 2. The van der Waals surface area contributed by atoms with Gasteiger partial charge in [-0.15, -0.1) is 0 Å². The highest BCUT2D eigenvalue weighted by atomic mass is 16.5. The molecule has 1 fully saturated rings. The Hall–Kier alpha value is -2.91. The number of carbonyl (C=O) groups excluding carboxylic acids is 1. The van der Waals surface area contributed by atoms with Crippen molar-refractivity contribution in [3.05, 3.63) is 108 Å². The highest BCUT2D eigenvalue weighted by Gasteiger charge is 2.40. The molecule has 160 valence electrons. The molecule has 1 heterocycles. The van der Waals surface area contributed by atoms with Crippen molar-refractivity contribution >= 4 is 5.91 Å². The van der Waals surface area contributed by atoms with E-state index in [-0.39, 0.29) is 11.9 Å². The molecule has 1 saturated heterocycles. The van der Waals surface area contributed by atoms with E-state index < -0.39 is 5.60 Å². The van der Waals surface area contributed by atoms with E-state index in [4.69, 9.17) is 4.74 Å².